The zero-order valence-corrected chi connectivity index (χ0v) is 24.6. The maximum absolute atomic E-state index is 13.7. The Labute approximate surface area is 250 Å². The van der Waals surface area contributed by atoms with E-state index in [0.29, 0.717) is 0 Å². The standard InChI is InChI=1S/C31H38N2O10/c1-30(2)38-18-22(41-30)24-25(26-28(40-24)43-31(3,4)42-26)39-27(35)21(15-19-11-7-5-8-12-19)33-23(34)16-32-29(36)37-17-20-13-9-6-10-14-20/h5-14,21-22,24-26,28H,15-18H2,1-4H3,(H,32,36)(H,33,34)/t21-,22-,24+,25+,26-,28-/m0/s1. The fourth-order valence-electron chi connectivity index (χ4n) is 5.25. The average Bonchev–Trinajstić information content (AvgIpc) is 3.60. The Morgan fingerprint density at radius 1 is 0.884 bits per heavy atom. The van der Waals surface area contributed by atoms with E-state index in [9.17, 15) is 14.4 Å². The SMILES string of the molecule is CC1(C)O[C@@H]2O[C@H]([C@@H]3COC(C)(C)O3)[C@@H](OC(=O)[C@H](Cc3ccccc3)NC(=O)CNC(=O)OCc3ccccc3)[C@@H]2O1. The quantitative estimate of drug-likeness (QED) is 0.392. The van der Waals surface area contributed by atoms with Crippen molar-refractivity contribution in [2.24, 2.45) is 0 Å². The molecule has 2 aromatic carbocycles. The second-order valence-corrected chi connectivity index (χ2v) is 11.6. The minimum atomic E-state index is -1.08. The molecule has 2 amide bonds. The zero-order chi connectivity index (χ0) is 30.6. The summed E-state index contributed by atoms with van der Waals surface area (Å²) in [7, 11) is 0. The van der Waals surface area contributed by atoms with Crippen LogP contribution in [0.25, 0.3) is 0 Å². The Bertz CT molecular complexity index is 1270. The van der Waals surface area contributed by atoms with Crippen molar-refractivity contribution in [3.8, 4) is 0 Å². The molecule has 2 N–H and O–H groups in total. The third-order valence-corrected chi connectivity index (χ3v) is 7.18. The van der Waals surface area contributed by atoms with Gasteiger partial charge in [-0.3, -0.25) is 4.79 Å². The van der Waals surface area contributed by atoms with Gasteiger partial charge in [0.25, 0.3) is 0 Å². The number of carbonyl (C=O) groups excluding carboxylic acids is 3. The molecule has 0 saturated carbocycles. The highest BCUT2D eigenvalue weighted by Gasteiger charge is 2.60. The Balaban J connectivity index is 1.24. The molecule has 3 fully saturated rings. The fourth-order valence-corrected chi connectivity index (χ4v) is 5.25. The molecule has 5 rings (SSSR count). The van der Waals surface area contributed by atoms with Crippen LogP contribution in [0.4, 0.5) is 4.79 Å². The van der Waals surface area contributed by atoms with E-state index in [1.807, 2.05) is 60.7 Å². The molecule has 12 nitrogen and oxygen atoms in total. The van der Waals surface area contributed by atoms with Gasteiger partial charge in [0, 0.05) is 6.42 Å². The summed E-state index contributed by atoms with van der Waals surface area (Å²) >= 11 is 0. The van der Waals surface area contributed by atoms with Crippen molar-refractivity contribution in [2.75, 3.05) is 13.2 Å². The molecule has 0 aliphatic carbocycles. The van der Waals surface area contributed by atoms with E-state index in [4.69, 9.17) is 33.2 Å². The molecule has 232 valence electrons. The van der Waals surface area contributed by atoms with Crippen molar-refractivity contribution in [1.82, 2.24) is 10.6 Å². The number of ether oxygens (including phenoxy) is 7. The molecule has 2 aromatic rings. The number of alkyl carbamates (subject to hydrolysis) is 1. The van der Waals surface area contributed by atoms with Crippen molar-refractivity contribution in [3.05, 3.63) is 71.8 Å². The van der Waals surface area contributed by atoms with E-state index in [2.05, 4.69) is 10.6 Å². The van der Waals surface area contributed by atoms with Crippen LogP contribution in [-0.2, 0) is 55.8 Å². The van der Waals surface area contributed by atoms with Crippen LogP contribution in [0.3, 0.4) is 0 Å². The Kier molecular flexibility index (Phi) is 9.33. The summed E-state index contributed by atoms with van der Waals surface area (Å²) in [6.45, 7) is 6.95. The van der Waals surface area contributed by atoms with Gasteiger partial charge in [0.1, 0.15) is 31.4 Å². The van der Waals surface area contributed by atoms with Crippen LogP contribution in [0, 0.1) is 0 Å². The van der Waals surface area contributed by atoms with Gasteiger partial charge in [0.15, 0.2) is 30.1 Å². The molecule has 0 radical (unpaired) electrons. The number of rotatable bonds is 10. The maximum Gasteiger partial charge on any atom is 0.407 e. The first-order valence-electron chi connectivity index (χ1n) is 14.3. The Morgan fingerprint density at radius 2 is 1.56 bits per heavy atom. The van der Waals surface area contributed by atoms with Crippen molar-refractivity contribution in [2.45, 2.75) is 89.0 Å². The lowest BCUT2D eigenvalue weighted by atomic mass is 10.0. The largest absolute Gasteiger partial charge is 0.455 e. The summed E-state index contributed by atoms with van der Waals surface area (Å²) in [5, 5.41) is 5.10. The number of hydrogen-bond donors (Lipinski definition) is 2. The topological polar surface area (TPSA) is 140 Å². The summed E-state index contributed by atoms with van der Waals surface area (Å²) in [5.74, 6) is -3.08. The first-order chi connectivity index (χ1) is 20.5. The van der Waals surface area contributed by atoms with Gasteiger partial charge in [0.2, 0.25) is 5.91 Å². The third-order valence-electron chi connectivity index (χ3n) is 7.18. The summed E-state index contributed by atoms with van der Waals surface area (Å²) in [6.07, 6.45) is -4.28. The van der Waals surface area contributed by atoms with E-state index < -0.39 is 72.8 Å². The number of amides is 2. The average molecular weight is 599 g/mol. The summed E-state index contributed by atoms with van der Waals surface area (Å²) in [4.78, 5) is 38.7. The summed E-state index contributed by atoms with van der Waals surface area (Å²) in [5.41, 5.74) is 1.61. The molecular formula is C31H38N2O10. The van der Waals surface area contributed by atoms with Crippen molar-refractivity contribution < 1.29 is 47.5 Å². The Morgan fingerprint density at radius 3 is 2.21 bits per heavy atom. The fraction of sp³-hybridized carbons (Fsp3) is 0.516. The van der Waals surface area contributed by atoms with Gasteiger partial charge in [-0.15, -0.1) is 0 Å². The molecule has 3 saturated heterocycles. The first kappa shape index (κ1) is 30.9. The number of fused-ring (bicyclic) bond motifs is 1. The second-order valence-electron chi connectivity index (χ2n) is 11.6. The molecule has 0 aromatic heterocycles. The monoisotopic (exact) mass is 598 g/mol. The van der Waals surface area contributed by atoms with Crippen LogP contribution in [-0.4, -0.2) is 79.4 Å². The van der Waals surface area contributed by atoms with Gasteiger partial charge in [0.05, 0.1) is 6.61 Å². The molecule has 12 heteroatoms. The number of carbonyl (C=O) groups is 3. The molecule has 0 unspecified atom stereocenters. The van der Waals surface area contributed by atoms with Crippen molar-refractivity contribution in [1.29, 1.82) is 0 Å². The van der Waals surface area contributed by atoms with Crippen molar-refractivity contribution in [3.63, 3.8) is 0 Å². The highest BCUT2D eigenvalue weighted by atomic mass is 16.8. The van der Waals surface area contributed by atoms with Gasteiger partial charge < -0.3 is 43.8 Å². The maximum atomic E-state index is 13.7. The normalized spacial score (nSPS) is 27.6. The highest BCUT2D eigenvalue weighted by molar-refractivity contribution is 5.87. The number of benzene rings is 2. The van der Waals surface area contributed by atoms with E-state index in [-0.39, 0.29) is 19.6 Å². The highest BCUT2D eigenvalue weighted by Crippen LogP contribution is 2.42. The van der Waals surface area contributed by atoms with Gasteiger partial charge in [-0.05, 0) is 38.8 Å². The van der Waals surface area contributed by atoms with Crippen LogP contribution in [0.2, 0.25) is 0 Å². The molecule has 3 aliphatic rings. The Hall–Kier alpha value is -3.55. The minimum absolute atomic E-state index is 0.0551. The molecule has 0 spiro atoms. The van der Waals surface area contributed by atoms with E-state index >= 15 is 0 Å². The lowest BCUT2D eigenvalue weighted by Crippen LogP contribution is -2.51. The van der Waals surface area contributed by atoms with E-state index in [1.165, 1.54) is 0 Å². The smallest absolute Gasteiger partial charge is 0.407 e. The summed E-state index contributed by atoms with van der Waals surface area (Å²) in [6, 6.07) is 17.3. The van der Waals surface area contributed by atoms with Crippen LogP contribution in [0.1, 0.15) is 38.8 Å². The molecule has 3 aliphatic heterocycles. The van der Waals surface area contributed by atoms with Crippen LogP contribution < -0.4 is 10.6 Å². The van der Waals surface area contributed by atoms with E-state index in [0.717, 1.165) is 11.1 Å². The van der Waals surface area contributed by atoms with Crippen LogP contribution in [0.15, 0.2) is 60.7 Å². The van der Waals surface area contributed by atoms with Crippen molar-refractivity contribution >= 4 is 18.0 Å². The number of hydrogen-bond acceptors (Lipinski definition) is 10. The molecule has 6 atom stereocenters. The molecule has 43 heavy (non-hydrogen) atoms. The lowest BCUT2D eigenvalue weighted by molar-refractivity contribution is -0.235. The molecule has 3 heterocycles. The predicted octanol–water partition coefficient (Wildman–Crippen LogP) is 2.58. The second kappa shape index (κ2) is 13.0. The predicted molar refractivity (Wildman–Crippen MR) is 150 cm³/mol. The van der Waals surface area contributed by atoms with Gasteiger partial charge >= 0.3 is 12.1 Å². The van der Waals surface area contributed by atoms with Crippen LogP contribution >= 0.6 is 0 Å². The molecular weight excluding hydrogens is 560 g/mol. The van der Waals surface area contributed by atoms with Gasteiger partial charge in [-0.1, -0.05) is 60.7 Å². The lowest BCUT2D eigenvalue weighted by Gasteiger charge is -2.30. The van der Waals surface area contributed by atoms with Gasteiger partial charge in [-0.25, -0.2) is 9.59 Å². The summed E-state index contributed by atoms with van der Waals surface area (Å²) < 4.78 is 41.0. The first-order valence-corrected chi connectivity index (χ1v) is 14.3. The number of esters is 1. The van der Waals surface area contributed by atoms with Crippen LogP contribution in [0.5, 0.6) is 0 Å². The molecule has 0 bridgehead atoms. The minimum Gasteiger partial charge on any atom is -0.455 e. The van der Waals surface area contributed by atoms with E-state index in [1.54, 1.807) is 27.7 Å². The van der Waals surface area contributed by atoms with Gasteiger partial charge in [-0.2, -0.15) is 0 Å². The number of nitrogens with one attached hydrogen (secondary N) is 2. The zero-order valence-electron chi connectivity index (χ0n) is 24.6. The third kappa shape index (κ3) is 8.09.